The van der Waals surface area contributed by atoms with Crippen LogP contribution in [0.15, 0.2) is 66.9 Å². The van der Waals surface area contributed by atoms with Gasteiger partial charge in [0.05, 0.1) is 25.0 Å². The fourth-order valence-electron chi connectivity index (χ4n) is 3.01. The Morgan fingerprint density at radius 2 is 1.81 bits per heavy atom. The van der Waals surface area contributed by atoms with Gasteiger partial charge < -0.3 is 15.4 Å². The van der Waals surface area contributed by atoms with Gasteiger partial charge in [-0.25, -0.2) is 4.98 Å². The van der Waals surface area contributed by atoms with E-state index in [9.17, 15) is 0 Å². The van der Waals surface area contributed by atoms with Gasteiger partial charge in [-0.15, -0.1) is 0 Å². The number of nitrogens with one attached hydrogen (secondary N) is 2. The molecule has 1 unspecified atom stereocenters. The van der Waals surface area contributed by atoms with E-state index in [1.807, 2.05) is 24.3 Å². The summed E-state index contributed by atoms with van der Waals surface area (Å²) < 4.78 is 5.09. The fourth-order valence-corrected chi connectivity index (χ4v) is 3.24. The molecule has 3 rings (SSSR count). The third-order valence-electron chi connectivity index (χ3n) is 4.35. The van der Waals surface area contributed by atoms with Crippen LogP contribution < -0.4 is 15.4 Å². The lowest BCUT2D eigenvalue weighted by molar-refractivity contribution is 0.398. The molecule has 0 bridgehead atoms. The maximum absolute atomic E-state index is 5.56. The predicted octanol–water partition coefficient (Wildman–Crippen LogP) is 4.78. The van der Waals surface area contributed by atoms with Crippen molar-refractivity contribution in [2.24, 2.45) is 0 Å². The first kappa shape index (κ1) is 18.9. The van der Waals surface area contributed by atoms with Gasteiger partial charge in [-0.1, -0.05) is 54.1 Å². The average molecular weight is 378 g/mol. The van der Waals surface area contributed by atoms with Crippen LogP contribution in [0.3, 0.4) is 0 Å². The minimum absolute atomic E-state index is 0.0435. The second kappa shape index (κ2) is 8.64. The quantitative estimate of drug-likeness (QED) is 0.627. The molecule has 1 atom stereocenters. The van der Waals surface area contributed by atoms with Crippen LogP contribution in [0.25, 0.3) is 0 Å². The van der Waals surface area contributed by atoms with Crippen LogP contribution in [-0.4, -0.2) is 17.2 Å². The molecule has 0 amide bonds. The smallest absolute Gasteiger partial charge is 0.213 e. The lowest BCUT2D eigenvalue weighted by atomic mass is 9.94. The predicted molar refractivity (Wildman–Crippen MR) is 114 cm³/mol. The largest absolute Gasteiger partial charge is 0.481 e. The van der Waals surface area contributed by atoms with Gasteiger partial charge in [0, 0.05) is 6.07 Å². The van der Waals surface area contributed by atoms with Gasteiger partial charge in [0.2, 0.25) is 5.88 Å². The summed E-state index contributed by atoms with van der Waals surface area (Å²) in [6.45, 7) is 4.23. The lowest BCUT2D eigenvalue weighted by Gasteiger charge is -2.24. The van der Waals surface area contributed by atoms with Crippen LogP contribution in [0.4, 0.5) is 5.69 Å². The molecule has 1 heterocycles. The van der Waals surface area contributed by atoms with Gasteiger partial charge in [-0.2, -0.15) is 0 Å². The monoisotopic (exact) mass is 377 g/mol. The van der Waals surface area contributed by atoms with Crippen molar-refractivity contribution in [3.63, 3.8) is 0 Å². The number of ether oxygens (including phenoxy) is 1. The van der Waals surface area contributed by atoms with Crippen LogP contribution in [0.1, 0.15) is 28.3 Å². The number of pyridine rings is 1. The number of hydrogen-bond donors (Lipinski definition) is 2. The molecule has 1 aromatic heterocycles. The normalized spacial score (nSPS) is 11.5. The maximum atomic E-state index is 5.56. The standard InChI is InChI=1S/C22H23N3OS/c1-15-9-11-19(16(2)13-15)21(17-7-5-4-6-8-17)25-22(27)24-18-10-12-20(26-3)23-14-18/h4-14,21H,1-3H3,(H2,24,25,27). The molecule has 5 heteroatoms. The number of rotatable bonds is 5. The van der Waals surface area contributed by atoms with Crippen LogP contribution in [-0.2, 0) is 0 Å². The number of aryl methyl sites for hydroxylation is 2. The first-order valence-electron chi connectivity index (χ1n) is 8.76. The van der Waals surface area contributed by atoms with Crippen molar-refractivity contribution in [3.05, 3.63) is 89.1 Å². The molecule has 4 nitrogen and oxygen atoms in total. The molecule has 0 aliphatic carbocycles. The third-order valence-corrected chi connectivity index (χ3v) is 4.57. The van der Waals surface area contributed by atoms with E-state index in [1.165, 1.54) is 16.7 Å². The Morgan fingerprint density at radius 1 is 1.04 bits per heavy atom. The number of methoxy groups -OCH3 is 1. The van der Waals surface area contributed by atoms with Crippen molar-refractivity contribution in [3.8, 4) is 5.88 Å². The summed E-state index contributed by atoms with van der Waals surface area (Å²) in [5.41, 5.74) is 5.63. The van der Waals surface area contributed by atoms with Crippen molar-refractivity contribution in [1.29, 1.82) is 0 Å². The van der Waals surface area contributed by atoms with Crippen LogP contribution in [0, 0.1) is 13.8 Å². The number of anilines is 1. The first-order valence-corrected chi connectivity index (χ1v) is 9.17. The summed E-state index contributed by atoms with van der Waals surface area (Å²) in [5.74, 6) is 0.567. The molecule has 0 saturated carbocycles. The molecule has 138 valence electrons. The van der Waals surface area contributed by atoms with E-state index in [0.717, 1.165) is 11.3 Å². The summed E-state index contributed by atoms with van der Waals surface area (Å²) >= 11 is 5.56. The van der Waals surface area contributed by atoms with E-state index >= 15 is 0 Å². The van der Waals surface area contributed by atoms with E-state index < -0.39 is 0 Å². The lowest BCUT2D eigenvalue weighted by Crippen LogP contribution is -2.33. The Bertz CT molecular complexity index is 911. The summed E-state index contributed by atoms with van der Waals surface area (Å²) in [6, 6.07) is 20.4. The van der Waals surface area contributed by atoms with Crippen LogP contribution >= 0.6 is 12.2 Å². The SMILES string of the molecule is COc1ccc(NC(=S)NC(c2ccccc2)c2ccc(C)cc2C)cn1. The van der Waals surface area contributed by atoms with Crippen molar-refractivity contribution in [2.45, 2.75) is 19.9 Å². The molecular weight excluding hydrogens is 354 g/mol. The van der Waals surface area contributed by atoms with Gasteiger partial charge in [0.15, 0.2) is 5.11 Å². The van der Waals surface area contributed by atoms with Crippen molar-refractivity contribution in [2.75, 3.05) is 12.4 Å². The zero-order valence-corrected chi connectivity index (χ0v) is 16.5. The van der Waals surface area contributed by atoms with Crippen molar-refractivity contribution >= 4 is 23.0 Å². The van der Waals surface area contributed by atoms with Gasteiger partial charge in [0.1, 0.15) is 0 Å². The van der Waals surface area contributed by atoms with Gasteiger partial charge in [-0.05, 0) is 48.8 Å². The molecule has 0 aliphatic rings. The first-order chi connectivity index (χ1) is 13.1. The number of aromatic nitrogens is 1. The Balaban J connectivity index is 1.83. The topological polar surface area (TPSA) is 46.2 Å². The molecular formula is C22H23N3OS. The van der Waals surface area contributed by atoms with Gasteiger partial charge in [0.25, 0.3) is 0 Å². The average Bonchev–Trinajstić information content (AvgIpc) is 2.68. The number of hydrogen-bond acceptors (Lipinski definition) is 3. The van der Waals surface area contributed by atoms with Crippen molar-refractivity contribution in [1.82, 2.24) is 10.3 Å². The Labute approximate surface area is 165 Å². The van der Waals surface area contributed by atoms with E-state index in [2.05, 4.69) is 59.8 Å². The summed E-state index contributed by atoms with van der Waals surface area (Å²) in [6.07, 6.45) is 1.70. The summed E-state index contributed by atoms with van der Waals surface area (Å²) in [4.78, 5) is 4.20. The van der Waals surface area contributed by atoms with E-state index in [1.54, 1.807) is 19.4 Å². The Morgan fingerprint density at radius 3 is 2.44 bits per heavy atom. The number of thiocarbonyl (C=S) groups is 1. The molecule has 2 aromatic carbocycles. The molecule has 3 aromatic rings. The fraction of sp³-hybridized carbons (Fsp3) is 0.182. The highest BCUT2D eigenvalue weighted by Gasteiger charge is 2.17. The summed E-state index contributed by atoms with van der Waals surface area (Å²) in [5, 5.41) is 7.18. The minimum Gasteiger partial charge on any atom is -0.481 e. The highest BCUT2D eigenvalue weighted by atomic mass is 32.1. The second-order valence-electron chi connectivity index (χ2n) is 6.39. The number of nitrogens with zero attached hydrogens (tertiary/aromatic N) is 1. The van der Waals surface area contributed by atoms with Crippen LogP contribution in [0.2, 0.25) is 0 Å². The Kier molecular flexibility index (Phi) is 6.04. The maximum Gasteiger partial charge on any atom is 0.213 e. The van der Waals surface area contributed by atoms with Crippen molar-refractivity contribution < 1.29 is 4.74 Å². The molecule has 0 aliphatic heterocycles. The minimum atomic E-state index is -0.0435. The zero-order chi connectivity index (χ0) is 19.2. The Hall–Kier alpha value is -2.92. The molecule has 2 N–H and O–H groups in total. The highest BCUT2D eigenvalue weighted by Crippen LogP contribution is 2.26. The van der Waals surface area contributed by atoms with Gasteiger partial charge >= 0.3 is 0 Å². The molecule has 0 fully saturated rings. The molecule has 0 saturated heterocycles. The van der Waals surface area contributed by atoms with Gasteiger partial charge in [-0.3, -0.25) is 0 Å². The van der Waals surface area contributed by atoms with E-state index in [0.29, 0.717) is 11.0 Å². The van der Waals surface area contributed by atoms with E-state index in [-0.39, 0.29) is 6.04 Å². The molecule has 27 heavy (non-hydrogen) atoms. The number of benzene rings is 2. The molecule has 0 spiro atoms. The van der Waals surface area contributed by atoms with Crippen LogP contribution in [0.5, 0.6) is 5.88 Å². The third kappa shape index (κ3) is 4.83. The highest BCUT2D eigenvalue weighted by molar-refractivity contribution is 7.80. The zero-order valence-electron chi connectivity index (χ0n) is 15.7. The second-order valence-corrected chi connectivity index (χ2v) is 6.80. The van der Waals surface area contributed by atoms with E-state index in [4.69, 9.17) is 17.0 Å². The molecule has 0 radical (unpaired) electrons. The summed E-state index contributed by atoms with van der Waals surface area (Å²) in [7, 11) is 1.59.